The molecule has 0 heterocycles. The van der Waals surface area contributed by atoms with Crippen LogP contribution in [0.4, 0.5) is 0 Å². The fourth-order valence-corrected chi connectivity index (χ4v) is 10.7. The molecule has 0 amide bonds. The first-order valence-corrected chi connectivity index (χ1v) is 14.5. The molecule has 32 heavy (non-hydrogen) atoms. The number of fused-ring (bicyclic) bond motifs is 4. The van der Waals surface area contributed by atoms with Crippen LogP contribution in [0.15, 0.2) is 0 Å². The van der Waals surface area contributed by atoms with Crippen molar-refractivity contribution in [3.8, 4) is 0 Å². The summed E-state index contributed by atoms with van der Waals surface area (Å²) in [5.74, 6) is 5.56. The first kappa shape index (κ1) is 23.5. The molecule has 0 saturated heterocycles. The molecule has 0 aliphatic heterocycles. The van der Waals surface area contributed by atoms with Gasteiger partial charge in [0.2, 0.25) is 0 Å². The third-order valence-electron chi connectivity index (χ3n) is 12.1. The third kappa shape index (κ3) is 3.27. The van der Waals surface area contributed by atoms with Crippen molar-refractivity contribution in [1.29, 1.82) is 0 Å². The fourth-order valence-electron chi connectivity index (χ4n) is 10.6. The maximum atomic E-state index is 12.3. The van der Waals surface area contributed by atoms with E-state index in [1.165, 1.54) is 64.2 Å². The van der Waals surface area contributed by atoms with Crippen molar-refractivity contribution < 1.29 is 9.53 Å². The Labute approximate surface area is 202 Å². The molecule has 0 bridgehead atoms. The molecule has 5 aliphatic rings. The van der Waals surface area contributed by atoms with E-state index in [9.17, 15) is 4.79 Å². The van der Waals surface area contributed by atoms with Crippen LogP contribution in [0.3, 0.4) is 0 Å². The number of carbonyl (C=O) groups excluding carboxylic acids is 1. The second kappa shape index (κ2) is 8.17. The summed E-state index contributed by atoms with van der Waals surface area (Å²) in [6, 6.07) is 0. The molecule has 5 aliphatic carbocycles. The summed E-state index contributed by atoms with van der Waals surface area (Å²) in [5, 5.41) is 0. The van der Waals surface area contributed by atoms with Gasteiger partial charge in [0.25, 0.3) is 0 Å². The average Bonchev–Trinajstić information content (AvgIpc) is 3.26. The zero-order valence-electron chi connectivity index (χ0n) is 21.3. The molecule has 0 aromatic carbocycles. The van der Waals surface area contributed by atoms with Gasteiger partial charge >= 0.3 is 5.97 Å². The topological polar surface area (TPSA) is 26.3 Å². The molecule has 3 heteroatoms. The van der Waals surface area contributed by atoms with Crippen molar-refractivity contribution in [2.75, 3.05) is 5.88 Å². The molecule has 2 nitrogen and oxygen atoms in total. The number of halogens is 1. The first-order valence-electron chi connectivity index (χ1n) is 13.9. The van der Waals surface area contributed by atoms with Gasteiger partial charge in [-0.05, 0) is 104 Å². The monoisotopic (exact) mass is 462 g/mol. The van der Waals surface area contributed by atoms with Gasteiger partial charge in [0.15, 0.2) is 0 Å². The Hall–Kier alpha value is -0.240. The Morgan fingerprint density at radius 1 is 1.03 bits per heavy atom. The summed E-state index contributed by atoms with van der Waals surface area (Å²) < 4.78 is 6.17. The lowest BCUT2D eigenvalue weighted by Gasteiger charge is -2.60. The van der Waals surface area contributed by atoms with E-state index in [2.05, 4.69) is 34.6 Å². The largest absolute Gasteiger partial charge is 0.461 e. The summed E-state index contributed by atoms with van der Waals surface area (Å²) in [4.78, 5) is 12.3. The Morgan fingerprint density at radius 3 is 2.50 bits per heavy atom. The number of rotatable bonds is 7. The molecular formula is C29H47ClO2. The van der Waals surface area contributed by atoms with Crippen molar-refractivity contribution >= 4 is 17.6 Å². The Balaban J connectivity index is 1.37. The van der Waals surface area contributed by atoms with E-state index in [4.69, 9.17) is 16.3 Å². The maximum absolute atomic E-state index is 12.3. The maximum Gasteiger partial charge on any atom is 0.321 e. The minimum absolute atomic E-state index is 0.000827. The number of esters is 1. The molecule has 0 aromatic rings. The van der Waals surface area contributed by atoms with Crippen molar-refractivity contribution in [3.05, 3.63) is 0 Å². The lowest BCUT2D eigenvalue weighted by Crippen LogP contribution is -2.57. The lowest BCUT2D eigenvalue weighted by atomic mass is 9.45. The van der Waals surface area contributed by atoms with Crippen LogP contribution in [-0.4, -0.2) is 18.0 Å². The molecule has 0 radical (unpaired) electrons. The first-order chi connectivity index (χ1) is 15.2. The highest BCUT2D eigenvalue weighted by Crippen LogP contribution is 2.82. The fraction of sp³-hybridized carbons (Fsp3) is 0.966. The zero-order chi connectivity index (χ0) is 22.9. The van der Waals surface area contributed by atoms with Crippen molar-refractivity contribution in [2.45, 2.75) is 111 Å². The smallest absolute Gasteiger partial charge is 0.321 e. The van der Waals surface area contributed by atoms with Gasteiger partial charge in [0.05, 0.1) is 0 Å². The van der Waals surface area contributed by atoms with E-state index in [1.54, 1.807) is 0 Å². The van der Waals surface area contributed by atoms with Gasteiger partial charge in [0, 0.05) is 5.41 Å². The zero-order valence-corrected chi connectivity index (χ0v) is 22.1. The summed E-state index contributed by atoms with van der Waals surface area (Å²) in [5.41, 5.74) is 1.15. The quantitative estimate of drug-likeness (QED) is 0.284. The van der Waals surface area contributed by atoms with Gasteiger partial charge in [-0.1, -0.05) is 53.9 Å². The molecular weight excluding hydrogens is 416 g/mol. The Bertz CT molecular complexity index is 735. The molecule has 0 aromatic heterocycles. The van der Waals surface area contributed by atoms with E-state index in [-0.39, 0.29) is 23.4 Å². The highest BCUT2D eigenvalue weighted by molar-refractivity contribution is 6.26. The van der Waals surface area contributed by atoms with E-state index >= 15 is 0 Å². The Kier molecular flexibility index (Phi) is 6.00. The minimum Gasteiger partial charge on any atom is -0.461 e. The van der Waals surface area contributed by atoms with Gasteiger partial charge in [-0.2, -0.15) is 0 Å². The van der Waals surface area contributed by atoms with Crippen LogP contribution in [-0.2, 0) is 9.53 Å². The summed E-state index contributed by atoms with van der Waals surface area (Å²) in [6.45, 7) is 12.5. The van der Waals surface area contributed by atoms with E-state index in [0.29, 0.717) is 10.8 Å². The van der Waals surface area contributed by atoms with Gasteiger partial charge < -0.3 is 4.74 Å². The van der Waals surface area contributed by atoms with E-state index in [1.807, 2.05) is 0 Å². The van der Waals surface area contributed by atoms with Crippen molar-refractivity contribution in [2.24, 2.45) is 57.7 Å². The van der Waals surface area contributed by atoms with Crippen LogP contribution in [0, 0.1) is 57.7 Å². The van der Waals surface area contributed by atoms with E-state index in [0.717, 1.165) is 47.8 Å². The molecule has 5 saturated carbocycles. The average molecular weight is 463 g/mol. The van der Waals surface area contributed by atoms with Crippen LogP contribution in [0.5, 0.6) is 0 Å². The number of carbonyl (C=O) groups is 1. The van der Waals surface area contributed by atoms with Gasteiger partial charge in [-0.25, -0.2) is 0 Å². The number of hydrogen-bond acceptors (Lipinski definition) is 2. The van der Waals surface area contributed by atoms with Crippen LogP contribution in [0.1, 0.15) is 105 Å². The van der Waals surface area contributed by atoms with Crippen LogP contribution >= 0.6 is 11.6 Å². The van der Waals surface area contributed by atoms with Gasteiger partial charge in [-0.3, -0.25) is 4.79 Å². The minimum atomic E-state index is -0.189. The summed E-state index contributed by atoms with van der Waals surface area (Å²) in [7, 11) is 0. The SMILES string of the molecule is CC(C)CCC[C@@H](C)[C@H]1CC[C@H]2[C@@H]3C[C@H](OC(=O)CCl)[C@]45C[C@H]4CC[C@]5(C)[C@H]3CC[C@]12C. The molecule has 5 fully saturated rings. The van der Waals surface area contributed by atoms with Crippen LogP contribution < -0.4 is 0 Å². The Morgan fingerprint density at radius 2 is 1.81 bits per heavy atom. The van der Waals surface area contributed by atoms with Crippen LogP contribution in [0.2, 0.25) is 0 Å². The third-order valence-corrected chi connectivity index (χ3v) is 12.3. The van der Waals surface area contributed by atoms with Crippen molar-refractivity contribution in [3.63, 3.8) is 0 Å². The van der Waals surface area contributed by atoms with E-state index < -0.39 is 0 Å². The van der Waals surface area contributed by atoms with Crippen LogP contribution in [0.25, 0.3) is 0 Å². The highest BCUT2D eigenvalue weighted by Gasteiger charge is 2.78. The standard InChI is InChI=1S/C29H47ClO2/c1-18(2)7-6-8-19(3)22-9-10-23-21-15-25(32-26(31)17-30)29-16-20(29)11-14-28(29,5)24(21)12-13-27(22,23)4/h18-25H,6-17H2,1-5H3/t19-,20-,21+,22-,23+,24+,25+,27-,28-,29+/m1/s1. The molecule has 10 atom stereocenters. The van der Waals surface area contributed by atoms with Gasteiger partial charge in [0.1, 0.15) is 12.0 Å². The predicted molar refractivity (Wildman–Crippen MR) is 131 cm³/mol. The number of alkyl halides is 1. The number of ether oxygens (including phenoxy) is 1. The molecule has 0 unspecified atom stereocenters. The molecule has 1 spiro atoms. The summed E-state index contributed by atoms with van der Waals surface area (Å²) in [6.07, 6.45) is 15.1. The summed E-state index contributed by atoms with van der Waals surface area (Å²) >= 11 is 5.90. The van der Waals surface area contributed by atoms with Crippen molar-refractivity contribution in [1.82, 2.24) is 0 Å². The normalized spacial score (nSPS) is 49.7. The second-order valence-corrected chi connectivity index (χ2v) is 13.9. The number of hydrogen-bond donors (Lipinski definition) is 0. The molecule has 5 rings (SSSR count). The molecule has 182 valence electrons. The highest BCUT2D eigenvalue weighted by atomic mass is 35.5. The lowest BCUT2D eigenvalue weighted by molar-refractivity contribution is -0.182. The molecule has 0 N–H and O–H groups in total. The van der Waals surface area contributed by atoms with Gasteiger partial charge in [-0.15, -0.1) is 11.6 Å². The predicted octanol–water partition coefficient (Wildman–Crippen LogP) is 7.87. The second-order valence-electron chi connectivity index (χ2n) is 13.7.